The summed E-state index contributed by atoms with van der Waals surface area (Å²) in [6, 6.07) is 4.72. The number of halogens is 1. The van der Waals surface area contributed by atoms with Crippen LogP contribution in [0.25, 0.3) is 0 Å². The van der Waals surface area contributed by atoms with Crippen molar-refractivity contribution in [2.45, 2.75) is 11.3 Å². The fraction of sp³-hybridized carbons (Fsp3) is 0.400. The molecule has 0 aliphatic carbocycles. The molecule has 0 bridgehead atoms. The van der Waals surface area contributed by atoms with E-state index in [1.165, 1.54) is 6.07 Å². The van der Waals surface area contributed by atoms with E-state index in [4.69, 9.17) is 10.5 Å². The number of rotatable bonds is 6. The zero-order chi connectivity index (χ0) is 12.9. The van der Waals surface area contributed by atoms with E-state index in [9.17, 15) is 8.42 Å². The second kappa shape index (κ2) is 6.34. The van der Waals surface area contributed by atoms with Crippen LogP contribution in [0.3, 0.4) is 0 Å². The maximum absolute atomic E-state index is 11.9. The van der Waals surface area contributed by atoms with Gasteiger partial charge in [0.25, 0.3) is 0 Å². The van der Waals surface area contributed by atoms with Crippen LogP contribution in [0.4, 0.5) is 5.69 Å². The van der Waals surface area contributed by atoms with Gasteiger partial charge >= 0.3 is 0 Å². The van der Waals surface area contributed by atoms with Gasteiger partial charge < -0.3 is 10.5 Å². The van der Waals surface area contributed by atoms with Crippen molar-refractivity contribution in [3.8, 4) is 0 Å². The summed E-state index contributed by atoms with van der Waals surface area (Å²) in [5.74, 6) is 0. The summed E-state index contributed by atoms with van der Waals surface area (Å²) < 4.78 is 31.8. The Morgan fingerprint density at radius 3 is 2.82 bits per heavy atom. The molecule has 0 amide bonds. The third-order valence-electron chi connectivity index (χ3n) is 2.08. The lowest BCUT2D eigenvalue weighted by Gasteiger charge is -2.09. The van der Waals surface area contributed by atoms with E-state index in [1.54, 1.807) is 19.2 Å². The summed E-state index contributed by atoms with van der Waals surface area (Å²) >= 11 is 3.21. The van der Waals surface area contributed by atoms with Gasteiger partial charge in [0.15, 0.2) is 0 Å². The molecule has 0 heterocycles. The van der Waals surface area contributed by atoms with E-state index in [-0.39, 0.29) is 10.6 Å². The van der Waals surface area contributed by atoms with Crippen molar-refractivity contribution in [1.29, 1.82) is 0 Å². The van der Waals surface area contributed by atoms with Gasteiger partial charge in [-0.15, -0.1) is 0 Å². The van der Waals surface area contributed by atoms with E-state index in [0.717, 1.165) is 0 Å². The van der Waals surface area contributed by atoms with Gasteiger partial charge in [-0.3, -0.25) is 0 Å². The predicted octanol–water partition coefficient (Wildman–Crippen LogP) is 1.35. The molecule has 1 aromatic rings. The quantitative estimate of drug-likeness (QED) is 0.611. The summed E-state index contributed by atoms with van der Waals surface area (Å²) in [5.41, 5.74) is 5.87. The first-order chi connectivity index (χ1) is 7.97. The van der Waals surface area contributed by atoms with Gasteiger partial charge in [-0.1, -0.05) is 15.9 Å². The highest BCUT2D eigenvalue weighted by atomic mass is 79.9. The molecular weight excluding hydrogens is 308 g/mol. The first-order valence-corrected chi connectivity index (χ1v) is 7.28. The Balaban J connectivity index is 2.79. The highest BCUT2D eigenvalue weighted by molar-refractivity contribution is 9.10. The largest absolute Gasteiger partial charge is 0.398 e. The lowest BCUT2D eigenvalue weighted by atomic mass is 10.3. The predicted molar refractivity (Wildman–Crippen MR) is 70.2 cm³/mol. The number of nitrogens with one attached hydrogen (secondary N) is 1. The van der Waals surface area contributed by atoms with Gasteiger partial charge in [0, 0.05) is 24.7 Å². The lowest BCUT2D eigenvalue weighted by molar-refractivity contribution is 0.196. The van der Waals surface area contributed by atoms with E-state index in [2.05, 4.69) is 20.7 Å². The number of anilines is 1. The second-order valence-corrected chi connectivity index (χ2v) is 6.08. The van der Waals surface area contributed by atoms with Crippen LogP contribution >= 0.6 is 15.9 Å². The Bertz CT molecular complexity index is 476. The fourth-order valence-electron chi connectivity index (χ4n) is 1.24. The summed E-state index contributed by atoms with van der Waals surface area (Å²) in [4.78, 5) is 0.0873. The molecule has 0 aliphatic rings. The van der Waals surface area contributed by atoms with E-state index in [0.29, 0.717) is 24.0 Å². The zero-order valence-electron chi connectivity index (χ0n) is 9.44. The number of hydrogen-bond acceptors (Lipinski definition) is 4. The van der Waals surface area contributed by atoms with Crippen molar-refractivity contribution in [3.05, 3.63) is 22.7 Å². The van der Waals surface area contributed by atoms with E-state index in [1.807, 2.05) is 0 Å². The molecule has 1 rings (SSSR count). The van der Waals surface area contributed by atoms with Crippen LogP contribution < -0.4 is 10.5 Å². The van der Waals surface area contributed by atoms with Crippen molar-refractivity contribution in [2.24, 2.45) is 0 Å². The highest BCUT2D eigenvalue weighted by Crippen LogP contribution is 2.22. The zero-order valence-corrected chi connectivity index (χ0v) is 11.8. The number of sulfonamides is 1. The van der Waals surface area contributed by atoms with Gasteiger partial charge in [0.1, 0.15) is 4.90 Å². The SMILES string of the molecule is COCCCNS(=O)(=O)c1cc(Br)ccc1N. The summed E-state index contributed by atoms with van der Waals surface area (Å²) in [7, 11) is -1.98. The van der Waals surface area contributed by atoms with Crippen LogP contribution in [-0.2, 0) is 14.8 Å². The van der Waals surface area contributed by atoms with E-state index >= 15 is 0 Å². The maximum atomic E-state index is 11.9. The molecule has 17 heavy (non-hydrogen) atoms. The Hall–Kier alpha value is -0.630. The van der Waals surface area contributed by atoms with Crippen LogP contribution in [0.2, 0.25) is 0 Å². The molecule has 0 saturated carbocycles. The smallest absolute Gasteiger partial charge is 0.242 e. The first-order valence-electron chi connectivity index (χ1n) is 5.01. The summed E-state index contributed by atoms with van der Waals surface area (Å²) in [5, 5.41) is 0. The standard InChI is InChI=1S/C10H15BrN2O3S/c1-16-6-2-5-13-17(14,15)10-7-8(11)3-4-9(10)12/h3-4,7,13H,2,5-6,12H2,1H3. The van der Waals surface area contributed by atoms with Crippen LogP contribution in [0.15, 0.2) is 27.6 Å². The molecule has 0 unspecified atom stereocenters. The van der Waals surface area contributed by atoms with Crippen molar-refractivity contribution >= 4 is 31.6 Å². The van der Waals surface area contributed by atoms with Crippen molar-refractivity contribution in [3.63, 3.8) is 0 Å². The van der Waals surface area contributed by atoms with Gasteiger partial charge in [0.2, 0.25) is 10.0 Å². The third kappa shape index (κ3) is 4.27. The number of nitrogens with two attached hydrogens (primary N) is 1. The average molecular weight is 323 g/mol. The third-order valence-corrected chi connectivity index (χ3v) is 4.09. The second-order valence-electron chi connectivity index (χ2n) is 3.43. The van der Waals surface area contributed by atoms with Crippen LogP contribution in [0.1, 0.15) is 6.42 Å². The van der Waals surface area contributed by atoms with Crippen molar-refractivity contribution < 1.29 is 13.2 Å². The van der Waals surface area contributed by atoms with E-state index < -0.39 is 10.0 Å². The minimum atomic E-state index is -3.55. The number of benzene rings is 1. The summed E-state index contributed by atoms with van der Waals surface area (Å²) in [6.07, 6.45) is 0.615. The molecule has 0 spiro atoms. The molecule has 5 nitrogen and oxygen atoms in total. The Labute approximate surface area is 110 Å². The topological polar surface area (TPSA) is 81.4 Å². The van der Waals surface area contributed by atoms with Crippen molar-refractivity contribution in [1.82, 2.24) is 4.72 Å². The van der Waals surface area contributed by atoms with Crippen LogP contribution in [0.5, 0.6) is 0 Å². The first kappa shape index (κ1) is 14.4. The van der Waals surface area contributed by atoms with Crippen LogP contribution in [-0.4, -0.2) is 28.7 Å². The summed E-state index contributed by atoms with van der Waals surface area (Å²) in [6.45, 7) is 0.832. The lowest BCUT2D eigenvalue weighted by Crippen LogP contribution is -2.26. The molecule has 96 valence electrons. The molecule has 0 radical (unpaired) electrons. The monoisotopic (exact) mass is 322 g/mol. The normalized spacial score (nSPS) is 11.6. The highest BCUT2D eigenvalue weighted by Gasteiger charge is 2.16. The molecule has 3 N–H and O–H groups in total. The molecule has 0 aromatic heterocycles. The average Bonchev–Trinajstić information content (AvgIpc) is 2.28. The molecule has 0 saturated heterocycles. The Morgan fingerprint density at radius 1 is 1.47 bits per heavy atom. The Morgan fingerprint density at radius 2 is 2.18 bits per heavy atom. The number of methoxy groups -OCH3 is 1. The number of nitrogen functional groups attached to an aromatic ring is 1. The minimum Gasteiger partial charge on any atom is -0.398 e. The van der Waals surface area contributed by atoms with Gasteiger partial charge in [-0.05, 0) is 24.6 Å². The number of hydrogen-bond donors (Lipinski definition) is 2. The number of ether oxygens (including phenoxy) is 1. The fourth-order valence-corrected chi connectivity index (χ4v) is 2.98. The van der Waals surface area contributed by atoms with Crippen LogP contribution in [0, 0.1) is 0 Å². The van der Waals surface area contributed by atoms with Crippen molar-refractivity contribution in [2.75, 3.05) is 26.0 Å². The van der Waals surface area contributed by atoms with Gasteiger partial charge in [-0.25, -0.2) is 13.1 Å². The minimum absolute atomic E-state index is 0.0873. The molecular formula is C10H15BrN2O3S. The molecule has 1 aromatic carbocycles. The molecule has 0 fully saturated rings. The molecule has 0 aliphatic heterocycles. The van der Waals surface area contributed by atoms with Gasteiger partial charge in [0.05, 0.1) is 5.69 Å². The maximum Gasteiger partial charge on any atom is 0.242 e. The molecule has 0 atom stereocenters. The van der Waals surface area contributed by atoms with Gasteiger partial charge in [-0.2, -0.15) is 0 Å². The molecule has 7 heteroatoms. The Kier molecular flexibility index (Phi) is 5.38.